The molecule has 2 aromatic carbocycles. The van der Waals surface area contributed by atoms with Crippen LogP contribution in [0.5, 0.6) is 5.75 Å². The first kappa shape index (κ1) is 97.5. The number of carboxylic acid groups (broad SMARTS) is 5. The van der Waals surface area contributed by atoms with Gasteiger partial charge in [0.15, 0.2) is 19.6 Å². The minimum Gasteiger partial charge on any atom is -0.564 e. The van der Waals surface area contributed by atoms with Crippen LogP contribution in [0.2, 0.25) is 0 Å². The van der Waals surface area contributed by atoms with Gasteiger partial charge in [0.25, 0.3) is 5.56 Å². The number of nitrogens with two attached hydrogens (primary N) is 1. The maximum atomic E-state index is 14.9. The standard InChI is InChI=1S/C76H101N15O29S/c1-3-76(51-30-57-69-48(29-47-10-4-5-11-52(47)81-69)31-91(57)74(117)50(51)42-119-75(76)118)120-68(112)44-121-43-56(80-45(2)92)73(116)83-54(13-7-9-19-79-59(95)33-88(37-63(102)103)25-21-86(35-61(98)99)23-27-90(40-66(108)109)41-67(110)111)71(114)84-55(28-46-14-16-49(93)17-15-46)72(115)82-53(70(77)113)12-6-8-18-78-58(94)32-87(36-62(100)101)24-20-85(34-60(96)97)22-26-89(38-64(104)105)39-65(106)107/h4-5,10-11,14-17,29-30,53-56,93H,3,6-9,12-13,18-28,31-44H2,1-2H3,(H2,77,113)(H,78,94)(H,79,95)(H,80,92)(H,82,115)(H,83,116)(H,84,114)(H,96,97)(H,98,99)(H,100,101)(H,102,103)(H,104,105)(H,106,107)(H,108,109)(H,110,111)/p+1/t53?,54?,55?,56?,76-/m0/s1. The van der Waals surface area contributed by atoms with Gasteiger partial charge in [0.05, 0.1) is 79.4 Å². The maximum absolute atomic E-state index is 14.9. The zero-order valence-corrected chi connectivity index (χ0v) is 67.4. The molecule has 18 N–H and O–H groups in total. The van der Waals surface area contributed by atoms with E-state index in [1.807, 2.05) is 18.2 Å². The van der Waals surface area contributed by atoms with Crippen LogP contribution >= 0.6 is 11.8 Å². The van der Waals surface area contributed by atoms with Crippen molar-refractivity contribution < 1.29 is 137 Å². The summed E-state index contributed by atoms with van der Waals surface area (Å²) in [4.78, 5) is 244. The van der Waals surface area contributed by atoms with E-state index >= 15 is 0 Å². The van der Waals surface area contributed by atoms with Crippen molar-refractivity contribution in [1.82, 2.24) is 70.9 Å². The third-order valence-electron chi connectivity index (χ3n) is 19.2. The lowest BCUT2D eigenvalue weighted by molar-refractivity contribution is -0.308. The number of phenols is 1. The number of fused-ring (bicyclic) bond motifs is 5. The zero-order chi connectivity index (χ0) is 89.2. The van der Waals surface area contributed by atoms with Crippen LogP contribution in [0.4, 0.5) is 0 Å². The number of aromatic nitrogens is 2. The second-order valence-corrected chi connectivity index (χ2v) is 29.8. The van der Waals surface area contributed by atoms with Crippen molar-refractivity contribution in [2.45, 2.75) is 108 Å². The van der Waals surface area contributed by atoms with Gasteiger partial charge in [-0.05, 0) is 80.8 Å². The van der Waals surface area contributed by atoms with Gasteiger partial charge in [-0.2, -0.15) is 0 Å². The van der Waals surface area contributed by atoms with E-state index in [2.05, 4.69) is 31.9 Å². The molecule has 45 heteroatoms. The number of pyridine rings is 2. The summed E-state index contributed by atoms with van der Waals surface area (Å²) in [6.07, 6.45) is -0.797. The molecule has 0 bridgehead atoms. The Morgan fingerprint density at radius 1 is 0.595 bits per heavy atom. The number of carbonyl (C=O) groups excluding carboxylic acids is 14. The van der Waals surface area contributed by atoms with Crippen molar-refractivity contribution in [2.24, 2.45) is 5.73 Å². The molecular weight excluding hydrogens is 1620 g/mol. The number of ether oxygens (including phenoxy) is 2. The number of nitrogens with zero attached hydrogens (tertiary/aromatic N) is 8. The van der Waals surface area contributed by atoms with E-state index in [1.54, 1.807) is 25.1 Å². The van der Waals surface area contributed by atoms with Gasteiger partial charge in [-0.1, -0.05) is 37.3 Å². The second kappa shape index (κ2) is 48.1. The van der Waals surface area contributed by atoms with Crippen LogP contribution in [0.25, 0.3) is 22.3 Å². The van der Waals surface area contributed by atoms with Gasteiger partial charge < -0.3 is 107 Å². The summed E-state index contributed by atoms with van der Waals surface area (Å²) in [5.41, 5.74) is 5.89. The number of nitrogens with one attached hydrogen (secondary N) is 6. The molecule has 5 atom stereocenters. The van der Waals surface area contributed by atoms with E-state index in [4.69, 9.17) is 35.5 Å². The van der Waals surface area contributed by atoms with Crippen molar-refractivity contribution in [3.05, 3.63) is 93.3 Å². The summed E-state index contributed by atoms with van der Waals surface area (Å²) >= 11 is 0.759. The fraction of sp³-hybridized carbons (Fsp3) is 0.513. The van der Waals surface area contributed by atoms with Gasteiger partial charge in [-0.15, -0.1) is 11.8 Å². The van der Waals surface area contributed by atoms with E-state index in [0.717, 1.165) is 39.4 Å². The van der Waals surface area contributed by atoms with Crippen molar-refractivity contribution >= 4 is 124 Å². The Morgan fingerprint density at radius 3 is 1.57 bits per heavy atom. The highest BCUT2D eigenvalue weighted by molar-refractivity contribution is 8.00. The Bertz CT molecular complexity index is 4460. The summed E-state index contributed by atoms with van der Waals surface area (Å²) in [6.45, 7) is -5.50. The number of benzene rings is 2. The van der Waals surface area contributed by atoms with Gasteiger partial charge in [0.2, 0.25) is 47.0 Å². The number of thioether (sulfide) groups is 1. The molecular formula is C76H102N15O29S+. The lowest BCUT2D eigenvalue weighted by Gasteiger charge is -2.35. The molecule has 0 fully saturated rings. The van der Waals surface area contributed by atoms with Gasteiger partial charge in [0, 0.05) is 129 Å². The van der Waals surface area contributed by atoms with Crippen molar-refractivity contribution in [2.75, 3.05) is 142 Å². The SMILES string of the molecule is CC[C@@]1(OC(=O)CSCC(NC(C)=O)C(=O)NC(CCCCNC(=O)CN(CCN(CCN(CC(=O)[O-])CC(=O)[OH2+])CC(=O)[O-])CC(=O)O)C(=O)NC(Cc2ccc(O)cc2)C(=O)NC(CCCCNC(=O)CN(CCN(CCN(CC(=O)[OH2+])CC(=O)[OH2+])CC(=O)O)CC(=O)O)C(N)=O)C(=O)OCc2c1cc1n(c2=O)Cc2cc3ccccc3nc2-1. The van der Waals surface area contributed by atoms with Gasteiger partial charge in [-0.3, -0.25) is 86.9 Å². The lowest BCUT2D eigenvalue weighted by atomic mass is 9.85. The molecule has 6 rings (SSSR count). The predicted octanol–water partition coefficient (Wildman–Crippen LogP) is -9.35. The number of carbonyl (C=O) groups is 17. The number of cyclic esters (lactones) is 1. The number of esters is 2. The van der Waals surface area contributed by atoms with Crippen molar-refractivity contribution in [1.29, 1.82) is 0 Å². The fourth-order valence-electron chi connectivity index (χ4n) is 13.4. The molecule has 0 saturated carbocycles. The normalized spacial score (nSPS) is 14.3. The molecule has 2 aliphatic heterocycles. The monoisotopic (exact) mass is 1720 g/mol. The average Bonchev–Trinajstić information content (AvgIpc) is 1.59. The Kier molecular flexibility index (Phi) is 38.8. The number of hydrogen-bond acceptors (Lipinski definition) is 31. The highest BCUT2D eigenvalue weighted by Gasteiger charge is 2.51. The van der Waals surface area contributed by atoms with E-state index in [0.29, 0.717) is 22.5 Å². The van der Waals surface area contributed by atoms with Crippen LogP contribution < -0.4 is 53.4 Å². The highest BCUT2D eigenvalue weighted by atomic mass is 32.2. The second-order valence-electron chi connectivity index (χ2n) is 28.7. The molecule has 121 heavy (non-hydrogen) atoms. The largest absolute Gasteiger partial charge is 0.564 e. The van der Waals surface area contributed by atoms with E-state index < -0.39 is 220 Å². The van der Waals surface area contributed by atoms with Crippen molar-refractivity contribution in [3.8, 4) is 17.1 Å². The minimum atomic E-state index is -2.13. The Labute approximate surface area is 695 Å². The van der Waals surface area contributed by atoms with E-state index in [9.17, 15) is 117 Å². The number of amides is 7. The molecule has 0 aliphatic carbocycles. The molecule has 0 radical (unpaired) electrons. The Balaban J connectivity index is 1.17. The topological polar surface area (TPSA) is 657 Å². The molecule has 0 saturated heterocycles. The number of aliphatic carboxylic acids is 5. The quantitative estimate of drug-likeness (QED) is 0.00978. The zero-order valence-electron chi connectivity index (χ0n) is 66.5. The molecule has 660 valence electrons. The van der Waals surface area contributed by atoms with Gasteiger partial charge in [0.1, 0.15) is 36.5 Å². The summed E-state index contributed by atoms with van der Waals surface area (Å²) in [6, 6.07) is 9.94. The fourth-order valence-corrected chi connectivity index (χ4v) is 14.3. The van der Waals surface area contributed by atoms with E-state index in [1.165, 1.54) is 48.4 Å². The maximum Gasteiger partial charge on any atom is 0.530 e. The van der Waals surface area contributed by atoms with Crippen LogP contribution in [-0.2, 0) is 116 Å². The lowest BCUT2D eigenvalue weighted by Crippen LogP contribution is -2.58. The first-order valence-electron chi connectivity index (χ1n) is 38.4. The minimum absolute atomic E-state index is 0.0252. The summed E-state index contributed by atoms with van der Waals surface area (Å²) in [5.74, 6) is -19.8. The van der Waals surface area contributed by atoms with Gasteiger partial charge in [-0.25, -0.2) is 9.78 Å². The average molecular weight is 1720 g/mol. The molecule has 2 aliphatic rings. The molecule has 7 amide bonds. The van der Waals surface area contributed by atoms with Crippen molar-refractivity contribution in [3.63, 3.8) is 0 Å². The predicted molar refractivity (Wildman–Crippen MR) is 421 cm³/mol. The molecule has 44 nitrogen and oxygen atoms in total. The first-order chi connectivity index (χ1) is 57.3. The Morgan fingerprint density at radius 2 is 1.06 bits per heavy atom. The summed E-state index contributed by atoms with van der Waals surface area (Å²) in [5, 5.41) is 100. The molecule has 4 aromatic rings. The first-order valence-corrected chi connectivity index (χ1v) is 39.5. The van der Waals surface area contributed by atoms with Crippen LogP contribution in [-0.4, -0.2) is 342 Å². The molecule has 4 unspecified atom stereocenters. The third kappa shape index (κ3) is 32.7. The van der Waals surface area contributed by atoms with Gasteiger partial charge >= 0.3 is 47.8 Å². The number of aromatic hydroxyl groups is 1. The number of carboxylic acids is 5. The number of rotatable bonds is 58. The highest BCUT2D eigenvalue weighted by Crippen LogP contribution is 2.41. The van der Waals surface area contributed by atoms with Crippen LogP contribution in [0, 0.1) is 0 Å². The summed E-state index contributed by atoms with van der Waals surface area (Å²) < 4.78 is 13.0. The smallest absolute Gasteiger partial charge is 0.530 e. The molecule has 4 heterocycles. The molecule has 0 spiro atoms. The van der Waals surface area contributed by atoms with Crippen LogP contribution in [0.3, 0.4) is 0 Å². The number of phenolic OH excluding ortho intramolecular Hbond substituents is 1. The summed E-state index contributed by atoms with van der Waals surface area (Å²) in [7, 11) is 0. The molecule has 2 aromatic heterocycles. The number of hydrogen-bond donors (Lipinski definition) is 11. The van der Waals surface area contributed by atoms with Crippen LogP contribution in [0.1, 0.15) is 81.0 Å². The van der Waals surface area contributed by atoms with E-state index in [-0.39, 0.29) is 140 Å². The Hall–Kier alpha value is -12.3. The number of unbranched alkanes of at least 4 members (excludes halogenated alkanes) is 2. The number of primary amides is 1. The number of para-hydroxylation sites is 1. The van der Waals surface area contributed by atoms with Crippen LogP contribution in [0.15, 0.2) is 65.5 Å². The third-order valence-corrected chi connectivity index (χ3v) is 20.2.